The molecule has 1 fully saturated rings. The van der Waals surface area contributed by atoms with Crippen LogP contribution in [0.25, 0.3) is 0 Å². The number of carboxylic acids is 1. The summed E-state index contributed by atoms with van der Waals surface area (Å²) in [4.78, 5) is 12.3. The highest BCUT2D eigenvalue weighted by atomic mass is 127. The predicted molar refractivity (Wildman–Crippen MR) is 170 cm³/mol. The van der Waals surface area contributed by atoms with E-state index in [1.54, 1.807) is 0 Å². The van der Waals surface area contributed by atoms with Crippen molar-refractivity contribution >= 4 is 36.9 Å². The maximum absolute atomic E-state index is 12.3. The molecule has 1 rings (SSSR count). The van der Waals surface area contributed by atoms with E-state index in [9.17, 15) is 9.90 Å². The molecule has 0 N–H and O–H groups in total. The number of ether oxygens (including phenoxy) is 1. The number of rotatable bonds is 15. The van der Waals surface area contributed by atoms with Gasteiger partial charge in [-0.2, -0.15) is 0 Å². The van der Waals surface area contributed by atoms with Crippen LogP contribution >= 0.6 is 22.6 Å². The maximum atomic E-state index is 12.3. The van der Waals surface area contributed by atoms with Crippen LogP contribution in [0.2, 0.25) is 18.1 Å². The molecule has 4 nitrogen and oxygen atoms in total. The monoisotopic (exact) mass is 659 g/mol. The Morgan fingerprint density at radius 2 is 1.66 bits per heavy atom. The van der Waals surface area contributed by atoms with Gasteiger partial charge in [-0.1, -0.05) is 96.1 Å². The lowest BCUT2D eigenvalue weighted by molar-refractivity contribution is -0.303. The van der Waals surface area contributed by atoms with Crippen molar-refractivity contribution in [2.45, 2.75) is 119 Å². The number of aliphatic carboxylic acids is 1. The highest BCUT2D eigenvalue weighted by Gasteiger charge is 2.38. The average Bonchev–Trinajstić information content (AvgIpc) is 2.87. The van der Waals surface area contributed by atoms with Crippen molar-refractivity contribution in [3.63, 3.8) is 0 Å². The van der Waals surface area contributed by atoms with Crippen LogP contribution in [-0.2, 0) is 14.0 Å². The van der Waals surface area contributed by atoms with Gasteiger partial charge in [0.1, 0.15) is 11.7 Å². The van der Waals surface area contributed by atoms with Gasteiger partial charge in [-0.15, -0.1) is 0 Å². The number of methoxy groups -OCH3 is 1. The number of allylic oxidation sites excluding steroid dienone is 3. The number of halogens is 1. The third-order valence-electron chi connectivity index (χ3n) is 9.19. The Morgan fingerprint density at radius 1 is 1.08 bits per heavy atom. The first-order chi connectivity index (χ1) is 17.8. The summed E-state index contributed by atoms with van der Waals surface area (Å²) < 4.78 is 14.9. The minimum atomic E-state index is -1.85. The molecule has 0 saturated heterocycles. The molecule has 6 heteroatoms. The molecular weight excluding hydrogens is 603 g/mol. The van der Waals surface area contributed by atoms with Crippen LogP contribution in [0.1, 0.15) is 94.9 Å². The second-order valence-electron chi connectivity index (χ2n) is 12.3. The number of hydrogen-bond acceptors (Lipinski definition) is 4. The second-order valence-corrected chi connectivity index (χ2v) is 17.7. The third kappa shape index (κ3) is 9.50. The highest BCUT2D eigenvalue weighted by Crippen LogP contribution is 2.45. The van der Waals surface area contributed by atoms with Gasteiger partial charge in [0.05, 0.1) is 13.2 Å². The summed E-state index contributed by atoms with van der Waals surface area (Å²) in [6.45, 7) is 22.5. The first-order valence-electron chi connectivity index (χ1n) is 14.9. The van der Waals surface area contributed by atoms with Gasteiger partial charge in [-0.3, -0.25) is 0 Å². The van der Waals surface area contributed by atoms with Crippen LogP contribution in [0.15, 0.2) is 32.6 Å². The van der Waals surface area contributed by atoms with Crippen LogP contribution in [-0.4, -0.2) is 27.5 Å². The van der Waals surface area contributed by atoms with Crippen molar-refractivity contribution in [1.82, 2.24) is 0 Å². The molecule has 1 saturated carbocycles. The number of carbonyl (C=O) groups excluding carboxylic acids is 1. The maximum Gasteiger partial charge on any atom is 0.192 e. The highest BCUT2D eigenvalue weighted by molar-refractivity contribution is 14.1. The van der Waals surface area contributed by atoms with Crippen LogP contribution in [0, 0.1) is 35.5 Å². The summed E-state index contributed by atoms with van der Waals surface area (Å²) in [5.74, 6) is 0.864. The van der Waals surface area contributed by atoms with E-state index in [0.717, 1.165) is 48.5 Å². The first kappa shape index (κ1) is 35.4. The predicted octanol–water partition coefficient (Wildman–Crippen LogP) is 8.68. The van der Waals surface area contributed by atoms with E-state index in [4.69, 9.17) is 9.16 Å². The molecule has 38 heavy (non-hydrogen) atoms. The van der Waals surface area contributed by atoms with Crippen LogP contribution in [0.3, 0.4) is 0 Å². The smallest absolute Gasteiger partial charge is 0.192 e. The van der Waals surface area contributed by atoms with Crippen LogP contribution < -0.4 is 5.11 Å². The molecule has 1 aliphatic carbocycles. The van der Waals surface area contributed by atoms with E-state index in [0.29, 0.717) is 23.7 Å². The molecular formula is C32H56IO4Si-. The lowest BCUT2D eigenvalue weighted by Crippen LogP contribution is -2.44. The molecule has 0 aliphatic heterocycles. The van der Waals surface area contributed by atoms with E-state index in [-0.39, 0.29) is 23.7 Å². The van der Waals surface area contributed by atoms with Gasteiger partial charge in [-0.05, 0) is 96.4 Å². The Balaban J connectivity index is 3.65. The summed E-state index contributed by atoms with van der Waals surface area (Å²) >= 11 is 2.33. The summed E-state index contributed by atoms with van der Waals surface area (Å²) in [5.41, 5.74) is 3.21. The fraction of sp³-hybridized carbons (Fsp3) is 0.781. The zero-order chi connectivity index (χ0) is 29.2. The van der Waals surface area contributed by atoms with E-state index >= 15 is 0 Å². The van der Waals surface area contributed by atoms with E-state index in [1.807, 2.05) is 0 Å². The summed E-state index contributed by atoms with van der Waals surface area (Å²) in [7, 11) is -0.383. The Bertz CT molecular complexity index is 834. The van der Waals surface area contributed by atoms with Gasteiger partial charge < -0.3 is 19.1 Å². The van der Waals surface area contributed by atoms with Crippen LogP contribution in [0.5, 0.6) is 0 Å². The Morgan fingerprint density at radius 3 is 2.11 bits per heavy atom. The molecule has 0 spiro atoms. The van der Waals surface area contributed by atoms with Crippen molar-refractivity contribution in [3.05, 3.63) is 32.6 Å². The molecule has 0 aromatic rings. The molecule has 0 heterocycles. The van der Waals surface area contributed by atoms with E-state index < -0.39 is 14.3 Å². The number of carboxylic acid groups (broad SMARTS) is 1. The van der Waals surface area contributed by atoms with Gasteiger partial charge in [0.2, 0.25) is 0 Å². The van der Waals surface area contributed by atoms with Gasteiger partial charge >= 0.3 is 0 Å². The Kier molecular flexibility index (Phi) is 15.5. The molecule has 220 valence electrons. The average molecular weight is 660 g/mol. The quantitative estimate of drug-likeness (QED) is 0.0581. The lowest BCUT2D eigenvalue weighted by atomic mass is 9.66. The van der Waals surface area contributed by atoms with Crippen molar-refractivity contribution in [2.24, 2.45) is 35.5 Å². The lowest BCUT2D eigenvalue weighted by Gasteiger charge is -2.41. The molecule has 0 aromatic carbocycles. The molecule has 0 bridgehead atoms. The zero-order valence-corrected chi connectivity index (χ0v) is 29.3. The van der Waals surface area contributed by atoms with Gasteiger partial charge in [0, 0.05) is 5.57 Å². The normalized spacial score (nSPS) is 24.6. The van der Waals surface area contributed by atoms with Crippen LogP contribution in [0.4, 0.5) is 0 Å². The first-order valence-corrected chi connectivity index (χ1v) is 18.7. The van der Waals surface area contributed by atoms with E-state index in [2.05, 4.69) is 102 Å². The summed E-state index contributed by atoms with van der Waals surface area (Å²) in [6, 6.07) is 3.33. The number of carbonyl (C=O) groups is 1. The molecule has 0 aromatic heterocycles. The largest absolute Gasteiger partial charge is 0.542 e. The minimum Gasteiger partial charge on any atom is -0.542 e. The van der Waals surface area contributed by atoms with E-state index in [1.165, 1.54) is 19.1 Å². The van der Waals surface area contributed by atoms with Crippen molar-refractivity contribution in [2.75, 3.05) is 7.11 Å². The van der Waals surface area contributed by atoms with Crippen molar-refractivity contribution in [1.29, 1.82) is 0 Å². The zero-order valence-electron chi connectivity index (χ0n) is 26.2. The van der Waals surface area contributed by atoms with Crippen molar-refractivity contribution in [3.8, 4) is 0 Å². The summed E-state index contributed by atoms with van der Waals surface area (Å²) in [5, 5.41) is 12.3. The molecule has 0 radical (unpaired) electrons. The fourth-order valence-electron chi connectivity index (χ4n) is 6.76. The molecule has 1 aliphatic rings. The Labute approximate surface area is 249 Å². The second kappa shape index (κ2) is 16.6. The minimum absolute atomic E-state index is 0.00398. The van der Waals surface area contributed by atoms with Gasteiger partial charge in [0.25, 0.3) is 0 Å². The molecule has 0 amide bonds. The standard InChI is InChI=1S/C32H57IO4Si/c1-12-38(13-2,14-3)37-30(25(9)17-23(7)20-33)26(10)19-24(8)29(31(36-11)32(34)35)28-18-22(6)15-16-27(28)21(4)5/h19-22,25-28,30H,12-18H2,1-11H3,(H,34,35)/p-1/t22-,25+,26-,27+,28-,30+/m1/s1. The van der Waals surface area contributed by atoms with Gasteiger partial charge in [0.15, 0.2) is 8.32 Å². The fourth-order valence-corrected chi connectivity index (χ4v) is 10.0. The van der Waals surface area contributed by atoms with Gasteiger partial charge in [-0.25, -0.2) is 0 Å². The third-order valence-corrected chi connectivity index (χ3v) is 14.9. The number of hydrogen-bond donors (Lipinski definition) is 0. The Hall–Kier alpha value is -0.603. The topological polar surface area (TPSA) is 58.6 Å². The SMILES string of the molecule is CC[Si](CC)(CC)O[C@H]([C@H](C)C=C(C)C(=C(OC)C(=O)[O-])[C@@H]1C[C@H](C)CC[C@H]1C(C)C)[C@@H](C)CC(C)=CI. The molecule has 0 unspecified atom stereocenters. The molecule has 6 atom stereocenters. The van der Waals surface area contributed by atoms with Crippen molar-refractivity contribution < 1.29 is 19.1 Å². The summed E-state index contributed by atoms with van der Waals surface area (Å²) in [6.07, 6.45) is 6.62.